The van der Waals surface area contributed by atoms with Gasteiger partial charge in [0, 0.05) is 10.6 Å². The lowest BCUT2D eigenvalue weighted by atomic mass is 10.2. The number of thioether (sulfide) groups is 1. The van der Waals surface area contributed by atoms with Crippen molar-refractivity contribution in [2.24, 2.45) is 0 Å². The van der Waals surface area contributed by atoms with E-state index in [-0.39, 0.29) is 16.9 Å². The van der Waals surface area contributed by atoms with Crippen molar-refractivity contribution in [1.29, 1.82) is 0 Å². The summed E-state index contributed by atoms with van der Waals surface area (Å²) in [6, 6.07) is 10.1. The second-order valence-electron chi connectivity index (χ2n) is 5.40. The lowest BCUT2D eigenvalue weighted by molar-refractivity contribution is -0.113. The fraction of sp³-hybridized carbons (Fsp3) is 0.167. The lowest BCUT2D eigenvalue weighted by Crippen LogP contribution is -2.14. The third-order valence-electron chi connectivity index (χ3n) is 3.57. The molecule has 7 nitrogen and oxygen atoms in total. The quantitative estimate of drug-likeness (QED) is 0.529. The maximum absolute atomic E-state index is 12.1. The first-order valence-corrected chi connectivity index (χ1v) is 9.68. The molecule has 0 fully saturated rings. The molecule has 146 valence electrons. The van der Waals surface area contributed by atoms with Gasteiger partial charge >= 0.3 is 0 Å². The second-order valence-corrected chi connectivity index (χ2v) is 7.17. The van der Waals surface area contributed by atoms with Crippen LogP contribution < -0.4 is 14.8 Å². The fourth-order valence-corrected chi connectivity index (χ4v) is 3.16. The first-order chi connectivity index (χ1) is 13.5. The van der Waals surface area contributed by atoms with Crippen LogP contribution in [-0.4, -0.2) is 36.1 Å². The summed E-state index contributed by atoms with van der Waals surface area (Å²) in [5.74, 6) is 1.24. The number of methoxy groups -OCH3 is 2. The zero-order chi connectivity index (χ0) is 20.1. The molecule has 1 N–H and O–H groups in total. The Kier molecular flexibility index (Phi) is 6.66. The summed E-state index contributed by atoms with van der Waals surface area (Å²) in [6.07, 6.45) is 0. The van der Waals surface area contributed by atoms with E-state index >= 15 is 0 Å². The predicted molar refractivity (Wildman–Crippen MR) is 109 cm³/mol. The number of hydrogen-bond acceptors (Lipinski definition) is 7. The van der Waals surface area contributed by atoms with Crippen LogP contribution in [0.2, 0.25) is 10.0 Å². The van der Waals surface area contributed by atoms with Gasteiger partial charge in [0.15, 0.2) is 11.5 Å². The van der Waals surface area contributed by atoms with E-state index < -0.39 is 0 Å². The summed E-state index contributed by atoms with van der Waals surface area (Å²) in [7, 11) is 3.10. The third-order valence-corrected chi connectivity index (χ3v) is 4.95. The van der Waals surface area contributed by atoms with E-state index in [9.17, 15) is 4.79 Å². The third kappa shape index (κ3) is 4.89. The van der Waals surface area contributed by atoms with Crippen LogP contribution in [0, 0.1) is 0 Å². The van der Waals surface area contributed by atoms with E-state index in [1.54, 1.807) is 50.6 Å². The Morgan fingerprint density at radius 3 is 2.64 bits per heavy atom. The average Bonchev–Trinajstić information content (AvgIpc) is 3.17. The van der Waals surface area contributed by atoms with Gasteiger partial charge in [0.05, 0.1) is 30.7 Å². The Balaban J connectivity index is 1.63. The number of ether oxygens (including phenoxy) is 2. The molecule has 0 radical (unpaired) electrons. The molecule has 1 heterocycles. The highest BCUT2D eigenvalue weighted by Crippen LogP contribution is 2.32. The molecular formula is C18H15Cl2N3O4S. The summed E-state index contributed by atoms with van der Waals surface area (Å²) < 4.78 is 16.1. The molecule has 0 saturated carbocycles. The topological polar surface area (TPSA) is 86.5 Å². The van der Waals surface area contributed by atoms with E-state index in [0.717, 1.165) is 11.8 Å². The Morgan fingerprint density at radius 1 is 1.11 bits per heavy atom. The minimum Gasteiger partial charge on any atom is -0.493 e. The molecule has 28 heavy (non-hydrogen) atoms. The molecule has 2 aromatic carbocycles. The molecular weight excluding hydrogens is 425 g/mol. The van der Waals surface area contributed by atoms with Crippen molar-refractivity contribution < 1.29 is 18.7 Å². The number of nitrogens with one attached hydrogen (secondary N) is 1. The first kappa shape index (κ1) is 20.3. The van der Waals surface area contributed by atoms with Crippen molar-refractivity contribution in [3.63, 3.8) is 0 Å². The van der Waals surface area contributed by atoms with Gasteiger partial charge in [0.2, 0.25) is 11.8 Å². The molecule has 0 spiro atoms. The summed E-state index contributed by atoms with van der Waals surface area (Å²) in [5, 5.41) is 11.8. The molecule has 1 aromatic heterocycles. The fourth-order valence-electron chi connectivity index (χ4n) is 2.26. The molecule has 0 aliphatic rings. The monoisotopic (exact) mass is 439 g/mol. The minimum absolute atomic E-state index is 0.0659. The zero-order valence-electron chi connectivity index (χ0n) is 14.9. The van der Waals surface area contributed by atoms with Gasteiger partial charge in [0.25, 0.3) is 5.22 Å². The van der Waals surface area contributed by atoms with Crippen LogP contribution in [0.5, 0.6) is 11.5 Å². The Labute approximate surface area is 175 Å². The summed E-state index contributed by atoms with van der Waals surface area (Å²) in [6.45, 7) is 0. The van der Waals surface area contributed by atoms with Gasteiger partial charge in [-0.05, 0) is 36.4 Å². The van der Waals surface area contributed by atoms with Gasteiger partial charge < -0.3 is 19.2 Å². The van der Waals surface area contributed by atoms with Crippen LogP contribution >= 0.6 is 35.0 Å². The zero-order valence-corrected chi connectivity index (χ0v) is 17.2. The Morgan fingerprint density at radius 2 is 1.89 bits per heavy atom. The molecule has 3 rings (SSSR count). The van der Waals surface area contributed by atoms with Crippen LogP contribution in [0.15, 0.2) is 46.0 Å². The number of hydrogen-bond donors (Lipinski definition) is 1. The Hall–Kier alpha value is -2.42. The first-order valence-electron chi connectivity index (χ1n) is 7.93. The van der Waals surface area contributed by atoms with Crippen molar-refractivity contribution in [2.45, 2.75) is 5.22 Å². The summed E-state index contributed by atoms with van der Waals surface area (Å²) >= 11 is 13.1. The molecule has 10 heteroatoms. The number of amides is 1. The van der Waals surface area contributed by atoms with Crippen LogP contribution in [0.4, 0.5) is 5.69 Å². The minimum atomic E-state index is -0.278. The number of carbonyl (C=O) groups is 1. The molecule has 0 saturated heterocycles. The van der Waals surface area contributed by atoms with Crippen molar-refractivity contribution >= 4 is 46.6 Å². The normalized spacial score (nSPS) is 10.6. The molecule has 0 aliphatic heterocycles. The van der Waals surface area contributed by atoms with Crippen molar-refractivity contribution in [3.8, 4) is 23.0 Å². The SMILES string of the molecule is COc1ccc(-c2nnc(SCC(=O)Nc3cc(Cl)ccc3Cl)o2)cc1OC. The number of nitrogens with zero attached hydrogens (tertiary/aromatic N) is 2. The van der Waals surface area contributed by atoms with E-state index in [4.69, 9.17) is 37.1 Å². The molecule has 0 aliphatic carbocycles. The predicted octanol–water partition coefficient (Wildman–Crippen LogP) is 4.79. The molecule has 0 atom stereocenters. The maximum atomic E-state index is 12.1. The number of aromatic nitrogens is 2. The van der Waals surface area contributed by atoms with Crippen molar-refractivity contribution in [3.05, 3.63) is 46.4 Å². The van der Waals surface area contributed by atoms with Crippen molar-refractivity contribution in [1.82, 2.24) is 10.2 Å². The molecule has 0 unspecified atom stereocenters. The number of halogens is 2. The van der Waals surface area contributed by atoms with Gasteiger partial charge in [-0.2, -0.15) is 0 Å². The number of benzene rings is 2. The van der Waals surface area contributed by atoms with E-state index in [1.165, 1.54) is 0 Å². The second kappa shape index (κ2) is 9.18. The molecule has 1 amide bonds. The number of rotatable bonds is 7. The van der Waals surface area contributed by atoms with E-state index in [0.29, 0.717) is 38.7 Å². The average molecular weight is 440 g/mol. The molecule has 0 bridgehead atoms. The van der Waals surface area contributed by atoms with Gasteiger partial charge in [0.1, 0.15) is 0 Å². The van der Waals surface area contributed by atoms with Crippen LogP contribution in [-0.2, 0) is 4.79 Å². The van der Waals surface area contributed by atoms with Crippen LogP contribution in [0.25, 0.3) is 11.5 Å². The Bertz CT molecular complexity index is 997. The standard InChI is InChI=1S/C18H15Cl2N3O4S/c1-25-14-6-3-10(7-15(14)26-2)17-22-23-18(27-17)28-9-16(24)21-13-8-11(19)4-5-12(13)20/h3-8H,9H2,1-2H3,(H,21,24). The summed E-state index contributed by atoms with van der Waals surface area (Å²) in [5.41, 5.74) is 1.11. The van der Waals surface area contributed by atoms with Gasteiger partial charge in [-0.1, -0.05) is 35.0 Å². The number of carbonyl (C=O) groups excluding carboxylic acids is 1. The smallest absolute Gasteiger partial charge is 0.277 e. The van der Waals surface area contributed by atoms with Gasteiger partial charge in [-0.3, -0.25) is 4.79 Å². The summed E-state index contributed by atoms with van der Waals surface area (Å²) in [4.78, 5) is 12.1. The van der Waals surface area contributed by atoms with E-state index in [2.05, 4.69) is 15.5 Å². The van der Waals surface area contributed by atoms with Crippen molar-refractivity contribution in [2.75, 3.05) is 25.3 Å². The highest BCUT2D eigenvalue weighted by atomic mass is 35.5. The van der Waals surface area contributed by atoms with Gasteiger partial charge in [-0.15, -0.1) is 10.2 Å². The highest BCUT2D eigenvalue weighted by Gasteiger charge is 2.14. The highest BCUT2D eigenvalue weighted by molar-refractivity contribution is 7.99. The number of anilines is 1. The van der Waals surface area contributed by atoms with Gasteiger partial charge in [-0.25, -0.2) is 0 Å². The molecule has 3 aromatic rings. The lowest BCUT2D eigenvalue weighted by Gasteiger charge is -2.07. The largest absolute Gasteiger partial charge is 0.493 e. The van der Waals surface area contributed by atoms with E-state index in [1.807, 2.05) is 0 Å². The maximum Gasteiger partial charge on any atom is 0.277 e. The van der Waals surface area contributed by atoms with Crippen LogP contribution in [0.1, 0.15) is 0 Å². The van der Waals surface area contributed by atoms with Crippen LogP contribution in [0.3, 0.4) is 0 Å².